The lowest BCUT2D eigenvalue weighted by Crippen LogP contribution is -2.56. The molecular formula is C25H20FN3O3. The van der Waals surface area contributed by atoms with Crippen LogP contribution in [0.3, 0.4) is 0 Å². The first-order valence-corrected chi connectivity index (χ1v) is 10.3. The van der Waals surface area contributed by atoms with Crippen LogP contribution in [0.2, 0.25) is 0 Å². The van der Waals surface area contributed by atoms with Crippen molar-refractivity contribution in [3.8, 4) is 28.6 Å². The van der Waals surface area contributed by atoms with Gasteiger partial charge in [0.1, 0.15) is 17.7 Å². The number of carbonyl (C=O) groups is 1. The summed E-state index contributed by atoms with van der Waals surface area (Å²) in [6.45, 7) is 1.03. The Morgan fingerprint density at radius 2 is 1.78 bits per heavy atom. The van der Waals surface area contributed by atoms with Crippen molar-refractivity contribution in [3.05, 3.63) is 90.2 Å². The highest BCUT2D eigenvalue weighted by Crippen LogP contribution is 2.25. The molecule has 32 heavy (non-hydrogen) atoms. The Bertz CT molecular complexity index is 1220. The van der Waals surface area contributed by atoms with Crippen molar-refractivity contribution in [2.24, 2.45) is 0 Å². The van der Waals surface area contributed by atoms with Crippen molar-refractivity contribution in [2.75, 3.05) is 13.1 Å². The summed E-state index contributed by atoms with van der Waals surface area (Å²) in [4.78, 5) is 18.5. The van der Waals surface area contributed by atoms with E-state index >= 15 is 0 Å². The number of likely N-dealkylation sites (tertiary alicyclic amines) is 1. The summed E-state index contributed by atoms with van der Waals surface area (Å²) in [6.07, 6.45) is 0.127. The van der Waals surface area contributed by atoms with Gasteiger partial charge in [-0.1, -0.05) is 35.5 Å². The molecule has 1 aromatic heterocycles. The first-order valence-electron chi connectivity index (χ1n) is 10.3. The van der Waals surface area contributed by atoms with Crippen LogP contribution in [-0.2, 0) is 11.2 Å². The van der Waals surface area contributed by atoms with E-state index in [0.717, 1.165) is 11.1 Å². The van der Waals surface area contributed by atoms with Crippen LogP contribution in [0.5, 0.6) is 5.75 Å². The zero-order chi connectivity index (χ0) is 21.9. The van der Waals surface area contributed by atoms with E-state index in [9.17, 15) is 9.18 Å². The molecular weight excluding hydrogens is 409 g/mol. The van der Waals surface area contributed by atoms with E-state index in [1.54, 1.807) is 17.0 Å². The number of benzene rings is 3. The first-order chi connectivity index (χ1) is 15.6. The number of rotatable bonds is 6. The maximum Gasteiger partial charge on any atom is 0.258 e. The van der Waals surface area contributed by atoms with Gasteiger partial charge >= 0.3 is 0 Å². The summed E-state index contributed by atoms with van der Waals surface area (Å²) in [5.41, 5.74) is 2.36. The van der Waals surface area contributed by atoms with Gasteiger partial charge in [0.05, 0.1) is 19.5 Å². The Hall–Kier alpha value is -4.00. The highest BCUT2D eigenvalue weighted by Gasteiger charge is 2.32. The molecule has 0 saturated carbocycles. The average Bonchev–Trinajstić information content (AvgIpc) is 3.27. The molecule has 7 heteroatoms. The third kappa shape index (κ3) is 4.37. The second-order valence-corrected chi connectivity index (χ2v) is 7.66. The highest BCUT2D eigenvalue weighted by atomic mass is 19.1. The number of nitrogens with zero attached hydrogens (tertiary/aromatic N) is 3. The standard InChI is InChI=1S/C25H20FN3O3/c26-20-8-4-5-17(13-20)14-23(30)29-15-22(16-29)31-21-11-9-18(10-12-21)24-27-25(32-28-24)19-6-2-1-3-7-19/h1-13,22H,14-16H2. The summed E-state index contributed by atoms with van der Waals surface area (Å²) in [5, 5.41) is 4.06. The van der Waals surface area contributed by atoms with Gasteiger partial charge < -0.3 is 14.2 Å². The van der Waals surface area contributed by atoms with E-state index in [1.165, 1.54) is 12.1 Å². The van der Waals surface area contributed by atoms with Crippen LogP contribution in [0.25, 0.3) is 22.8 Å². The highest BCUT2D eigenvalue weighted by molar-refractivity contribution is 5.79. The predicted octanol–water partition coefficient (Wildman–Crippen LogP) is 4.38. The molecule has 3 aromatic carbocycles. The van der Waals surface area contributed by atoms with Crippen molar-refractivity contribution in [1.82, 2.24) is 15.0 Å². The lowest BCUT2D eigenvalue weighted by atomic mass is 10.1. The second-order valence-electron chi connectivity index (χ2n) is 7.66. The van der Waals surface area contributed by atoms with Crippen molar-refractivity contribution >= 4 is 5.91 Å². The summed E-state index contributed by atoms with van der Waals surface area (Å²) in [5.74, 6) is 1.33. The molecule has 5 rings (SSSR count). The van der Waals surface area contributed by atoms with E-state index in [4.69, 9.17) is 9.26 Å². The molecule has 0 unspecified atom stereocenters. The van der Waals surface area contributed by atoms with E-state index < -0.39 is 0 Å². The maximum atomic E-state index is 13.3. The van der Waals surface area contributed by atoms with Gasteiger partial charge in [-0.15, -0.1) is 0 Å². The molecule has 1 aliphatic heterocycles. The van der Waals surface area contributed by atoms with Crippen molar-refractivity contribution < 1.29 is 18.4 Å². The minimum atomic E-state index is -0.333. The lowest BCUT2D eigenvalue weighted by molar-refractivity contribution is -0.139. The summed E-state index contributed by atoms with van der Waals surface area (Å²) in [6, 6.07) is 23.2. The lowest BCUT2D eigenvalue weighted by Gasteiger charge is -2.39. The monoisotopic (exact) mass is 429 g/mol. The minimum absolute atomic E-state index is 0.0304. The zero-order valence-electron chi connectivity index (χ0n) is 17.1. The second kappa shape index (κ2) is 8.63. The van der Waals surface area contributed by atoms with Crippen LogP contribution in [0.15, 0.2) is 83.4 Å². The molecule has 6 nitrogen and oxygen atoms in total. The van der Waals surface area contributed by atoms with Crippen molar-refractivity contribution in [1.29, 1.82) is 0 Å². The third-order valence-electron chi connectivity index (χ3n) is 5.31. The Balaban J connectivity index is 1.14. The molecule has 0 atom stereocenters. The van der Waals surface area contributed by atoms with Gasteiger partial charge in [0.2, 0.25) is 11.7 Å². The fraction of sp³-hybridized carbons (Fsp3) is 0.160. The fourth-order valence-corrected chi connectivity index (χ4v) is 3.56. The largest absolute Gasteiger partial charge is 0.487 e. The predicted molar refractivity (Wildman–Crippen MR) is 116 cm³/mol. The summed E-state index contributed by atoms with van der Waals surface area (Å²) in [7, 11) is 0. The van der Waals surface area contributed by atoms with Crippen molar-refractivity contribution in [3.63, 3.8) is 0 Å². The van der Waals surface area contributed by atoms with Gasteiger partial charge in [0.25, 0.3) is 5.89 Å². The minimum Gasteiger partial charge on any atom is -0.487 e. The van der Waals surface area contributed by atoms with E-state index in [2.05, 4.69) is 10.1 Å². The molecule has 0 aliphatic carbocycles. The summed E-state index contributed by atoms with van der Waals surface area (Å²) >= 11 is 0. The fourth-order valence-electron chi connectivity index (χ4n) is 3.56. The molecule has 160 valence electrons. The van der Waals surface area contributed by atoms with Crippen LogP contribution in [0.4, 0.5) is 4.39 Å². The Morgan fingerprint density at radius 1 is 1.00 bits per heavy atom. The SMILES string of the molecule is O=C(Cc1cccc(F)c1)N1CC(Oc2ccc(-c3noc(-c4ccccc4)n3)cc2)C1. The van der Waals surface area contributed by atoms with Gasteiger partial charge in [-0.05, 0) is 54.1 Å². The summed E-state index contributed by atoms with van der Waals surface area (Å²) < 4.78 is 24.6. The molecule has 4 aromatic rings. The van der Waals surface area contributed by atoms with Crippen LogP contribution >= 0.6 is 0 Å². The smallest absolute Gasteiger partial charge is 0.258 e. The van der Waals surface area contributed by atoms with Crippen LogP contribution in [-0.4, -0.2) is 40.1 Å². The topological polar surface area (TPSA) is 68.5 Å². The zero-order valence-corrected chi connectivity index (χ0v) is 17.1. The van der Waals surface area contributed by atoms with Gasteiger partial charge in [0, 0.05) is 11.1 Å². The van der Waals surface area contributed by atoms with Crippen LogP contribution in [0, 0.1) is 5.82 Å². The Morgan fingerprint density at radius 3 is 2.53 bits per heavy atom. The number of ether oxygens (including phenoxy) is 1. The van der Waals surface area contributed by atoms with Crippen LogP contribution < -0.4 is 4.74 Å². The molecule has 0 N–H and O–H groups in total. The number of hydrogen-bond donors (Lipinski definition) is 0. The molecule has 2 heterocycles. The number of amides is 1. The van der Waals surface area contributed by atoms with Crippen molar-refractivity contribution in [2.45, 2.75) is 12.5 Å². The quantitative estimate of drug-likeness (QED) is 0.455. The number of aromatic nitrogens is 2. The third-order valence-corrected chi connectivity index (χ3v) is 5.31. The molecule has 1 amide bonds. The molecule has 1 aliphatic rings. The number of carbonyl (C=O) groups excluding carboxylic acids is 1. The number of hydrogen-bond acceptors (Lipinski definition) is 5. The maximum absolute atomic E-state index is 13.3. The van der Waals surface area contributed by atoms with Gasteiger partial charge in [0.15, 0.2) is 0 Å². The first kappa shape index (κ1) is 19.9. The normalized spacial score (nSPS) is 13.6. The van der Waals surface area contributed by atoms with E-state index in [1.807, 2.05) is 54.6 Å². The van der Waals surface area contributed by atoms with Crippen LogP contribution in [0.1, 0.15) is 5.56 Å². The van der Waals surface area contributed by atoms with Gasteiger partial charge in [-0.3, -0.25) is 4.79 Å². The number of halogens is 1. The molecule has 1 fully saturated rings. The molecule has 0 bridgehead atoms. The van der Waals surface area contributed by atoms with E-state index in [0.29, 0.717) is 36.1 Å². The Labute approximate surface area is 184 Å². The molecule has 0 radical (unpaired) electrons. The Kier molecular flexibility index (Phi) is 5.37. The van der Waals surface area contributed by atoms with Gasteiger partial charge in [-0.25, -0.2) is 4.39 Å². The average molecular weight is 429 g/mol. The molecule has 1 saturated heterocycles. The molecule has 0 spiro atoms. The van der Waals surface area contributed by atoms with Gasteiger partial charge in [-0.2, -0.15) is 4.98 Å². The van der Waals surface area contributed by atoms with E-state index in [-0.39, 0.29) is 24.2 Å².